The summed E-state index contributed by atoms with van der Waals surface area (Å²) in [6.45, 7) is -0.319. The highest BCUT2D eigenvalue weighted by Gasteiger charge is 2.32. The van der Waals surface area contributed by atoms with Crippen LogP contribution in [0.5, 0.6) is 11.5 Å². The van der Waals surface area contributed by atoms with Crippen LogP contribution in [-0.4, -0.2) is 53.8 Å². The molecule has 0 amide bonds. The average molecular weight is 284 g/mol. The molecule has 0 saturated carbocycles. The van der Waals surface area contributed by atoms with E-state index in [-0.39, 0.29) is 30.5 Å². The average Bonchev–Trinajstić information content (AvgIpc) is 2.47. The first-order chi connectivity index (χ1) is 9.52. The predicted octanol–water partition coefficient (Wildman–Crippen LogP) is -0.263. The number of carbonyl (C=O) groups excluding carboxylic acids is 1. The third-order valence-electron chi connectivity index (χ3n) is 2.96. The fraction of sp³-hybridized carbons (Fsp3) is 0.462. The smallest absolute Gasteiger partial charge is 0.187 e. The van der Waals surface area contributed by atoms with Crippen molar-refractivity contribution in [3.63, 3.8) is 0 Å². The van der Waals surface area contributed by atoms with Crippen LogP contribution < -0.4 is 4.74 Å². The Morgan fingerprint density at radius 2 is 1.95 bits per heavy atom. The second-order valence-corrected chi connectivity index (χ2v) is 4.40. The SMILES string of the molecule is COc1cc([C@@H](O)[C@@H](O)C2OCC(=O)CO2)ccc1O. The number of Topliss-reactive ketones (excluding diaryl/α,β-unsaturated/α-hetero) is 1. The van der Waals surface area contributed by atoms with Crippen LogP contribution in [0.15, 0.2) is 18.2 Å². The molecule has 2 atom stereocenters. The molecule has 1 aromatic rings. The van der Waals surface area contributed by atoms with E-state index >= 15 is 0 Å². The number of ketones is 1. The molecule has 0 bridgehead atoms. The van der Waals surface area contributed by atoms with E-state index < -0.39 is 18.5 Å². The molecule has 20 heavy (non-hydrogen) atoms. The molecule has 7 heteroatoms. The van der Waals surface area contributed by atoms with E-state index in [4.69, 9.17) is 14.2 Å². The van der Waals surface area contributed by atoms with Gasteiger partial charge in [-0.05, 0) is 17.7 Å². The lowest BCUT2D eigenvalue weighted by Gasteiger charge is -2.29. The summed E-state index contributed by atoms with van der Waals surface area (Å²) in [5, 5.41) is 29.6. The van der Waals surface area contributed by atoms with Gasteiger partial charge in [-0.15, -0.1) is 0 Å². The van der Waals surface area contributed by atoms with Crippen molar-refractivity contribution in [2.45, 2.75) is 18.5 Å². The molecule has 2 rings (SSSR count). The summed E-state index contributed by atoms with van der Waals surface area (Å²) >= 11 is 0. The summed E-state index contributed by atoms with van der Waals surface area (Å²) in [6.07, 6.45) is -3.75. The second-order valence-electron chi connectivity index (χ2n) is 4.40. The van der Waals surface area contributed by atoms with Gasteiger partial charge < -0.3 is 29.5 Å². The van der Waals surface area contributed by atoms with E-state index in [0.717, 1.165) is 0 Å². The van der Waals surface area contributed by atoms with Crippen LogP contribution in [0.2, 0.25) is 0 Å². The van der Waals surface area contributed by atoms with Gasteiger partial charge in [-0.1, -0.05) is 6.07 Å². The van der Waals surface area contributed by atoms with Gasteiger partial charge in [-0.25, -0.2) is 0 Å². The monoisotopic (exact) mass is 284 g/mol. The molecule has 1 aliphatic rings. The van der Waals surface area contributed by atoms with Crippen molar-refractivity contribution in [1.82, 2.24) is 0 Å². The fourth-order valence-electron chi connectivity index (χ4n) is 1.86. The van der Waals surface area contributed by atoms with Gasteiger partial charge in [0.1, 0.15) is 25.4 Å². The number of hydrogen-bond donors (Lipinski definition) is 3. The highest BCUT2D eigenvalue weighted by atomic mass is 16.7. The maximum absolute atomic E-state index is 11.0. The van der Waals surface area contributed by atoms with Gasteiger partial charge in [0.2, 0.25) is 0 Å². The van der Waals surface area contributed by atoms with Crippen LogP contribution in [-0.2, 0) is 14.3 Å². The Balaban J connectivity index is 2.09. The van der Waals surface area contributed by atoms with Gasteiger partial charge in [0.15, 0.2) is 23.6 Å². The van der Waals surface area contributed by atoms with Crippen molar-refractivity contribution >= 4 is 5.78 Å². The number of ether oxygens (including phenoxy) is 3. The Hall–Kier alpha value is -1.67. The Morgan fingerprint density at radius 1 is 1.30 bits per heavy atom. The number of phenolic OH excluding ortho intramolecular Hbond substituents is 1. The highest BCUT2D eigenvalue weighted by Crippen LogP contribution is 2.31. The highest BCUT2D eigenvalue weighted by molar-refractivity contribution is 5.81. The zero-order valence-corrected chi connectivity index (χ0v) is 10.9. The fourth-order valence-corrected chi connectivity index (χ4v) is 1.86. The summed E-state index contributed by atoms with van der Waals surface area (Å²) in [5.74, 6) is -0.127. The van der Waals surface area contributed by atoms with Crippen LogP contribution in [0.25, 0.3) is 0 Å². The van der Waals surface area contributed by atoms with Gasteiger partial charge in [0, 0.05) is 0 Å². The van der Waals surface area contributed by atoms with Crippen molar-refractivity contribution in [3.05, 3.63) is 23.8 Å². The molecule has 0 aromatic heterocycles. The lowest BCUT2D eigenvalue weighted by Crippen LogP contribution is -2.42. The molecule has 0 spiro atoms. The third-order valence-corrected chi connectivity index (χ3v) is 2.96. The first-order valence-corrected chi connectivity index (χ1v) is 6.01. The molecule has 0 radical (unpaired) electrons. The largest absolute Gasteiger partial charge is 0.504 e. The molecular weight excluding hydrogens is 268 g/mol. The number of rotatable bonds is 4. The Morgan fingerprint density at radius 3 is 2.55 bits per heavy atom. The number of hydrogen-bond acceptors (Lipinski definition) is 7. The molecule has 0 unspecified atom stereocenters. The van der Waals surface area contributed by atoms with Crippen molar-refractivity contribution in [2.75, 3.05) is 20.3 Å². The molecular formula is C13H16O7. The van der Waals surface area contributed by atoms with E-state index in [1.54, 1.807) is 0 Å². The van der Waals surface area contributed by atoms with Gasteiger partial charge >= 0.3 is 0 Å². The van der Waals surface area contributed by atoms with Crippen LogP contribution in [0.1, 0.15) is 11.7 Å². The maximum Gasteiger partial charge on any atom is 0.187 e. The maximum atomic E-state index is 11.0. The molecule has 1 aromatic carbocycles. The van der Waals surface area contributed by atoms with Gasteiger partial charge in [-0.2, -0.15) is 0 Å². The summed E-state index contributed by atoms with van der Waals surface area (Å²) in [5.41, 5.74) is 0.330. The molecule has 1 fully saturated rings. The minimum atomic E-state index is -1.36. The normalized spacial score (nSPS) is 19.6. The number of methoxy groups -OCH3 is 1. The summed E-state index contributed by atoms with van der Waals surface area (Å²) in [4.78, 5) is 11.0. The van der Waals surface area contributed by atoms with Crippen molar-refractivity contribution in [3.8, 4) is 11.5 Å². The van der Waals surface area contributed by atoms with E-state index in [2.05, 4.69) is 0 Å². The predicted molar refractivity (Wildman–Crippen MR) is 66.3 cm³/mol. The molecule has 1 saturated heterocycles. The minimum absolute atomic E-state index is 0.0753. The zero-order chi connectivity index (χ0) is 14.7. The number of carbonyl (C=O) groups is 1. The van der Waals surface area contributed by atoms with Crippen molar-refractivity contribution < 1.29 is 34.3 Å². The van der Waals surface area contributed by atoms with Gasteiger partial charge in [-0.3, -0.25) is 4.79 Å². The first-order valence-electron chi connectivity index (χ1n) is 6.01. The lowest BCUT2D eigenvalue weighted by molar-refractivity contribution is -0.233. The molecule has 1 aliphatic heterocycles. The number of benzene rings is 1. The number of aliphatic hydroxyl groups is 2. The summed E-state index contributed by atoms with van der Waals surface area (Å²) in [6, 6.07) is 4.19. The molecule has 0 aliphatic carbocycles. The van der Waals surface area contributed by atoms with Crippen LogP contribution in [0.3, 0.4) is 0 Å². The first kappa shape index (κ1) is 14.7. The van der Waals surface area contributed by atoms with Crippen LogP contribution in [0, 0.1) is 0 Å². The summed E-state index contributed by atoms with van der Waals surface area (Å²) < 4.78 is 15.0. The van der Waals surface area contributed by atoms with Gasteiger partial charge in [0.05, 0.1) is 7.11 Å². The van der Waals surface area contributed by atoms with Crippen molar-refractivity contribution in [1.29, 1.82) is 0 Å². The topological polar surface area (TPSA) is 105 Å². The van der Waals surface area contributed by atoms with E-state index in [9.17, 15) is 20.1 Å². The number of aromatic hydroxyl groups is 1. The second kappa shape index (κ2) is 6.19. The lowest BCUT2D eigenvalue weighted by atomic mass is 10.0. The molecule has 3 N–H and O–H groups in total. The Kier molecular flexibility index (Phi) is 4.56. The molecule has 1 heterocycles. The third kappa shape index (κ3) is 3.07. The zero-order valence-electron chi connectivity index (χ0n) is 10.9. The minimum Gasteiger partial charge on any atom is -0.504 e. The number of phenols is 1. The number of aliphatic hydroxyl groups excluding tert-OH is 2. The molecule has 110 valence electrons. The Bertz CT molecular complexity index is 478. The van der Waals surface area contributed by atoms with Crippen molar-refractivity contribution in [2.24, 2.45) is 0 Å². The van der Waals surface area contributed by atoms with E-state index in [1.165, 1.54) is 25.3 Å². The standard InChI is InChI=1S/C13H16O7/c1-18-10-4-7(2-3-9(10)15)11(16)12(17)13-19-5-8(14)6-20-13/h2-4,11-13,15-17H,5-6H2,1H3/t11-,12-/m1/s1. The van der Waals surface area contributed by atoms with E-state index in [1.807, 2.05) is 0 Å². The van der Waals surface area contributed by atoms with E-state index in [0.29, 0.717) is 5.56 Å². The van der Waals surface area contributed by atoms with Gasteiger partial charge in [0.25, 0.3) is 0 Å². The molecule has 7 nitrogen and oxygen atoms in total. The Labute approximate surface area is 115 Å². The van der Waals surface area contributed by atoms with Crippen LogP contribution >= 0.6 is 0 Å². The summed E-state index contributed by atoms with van der Waals surface area (Å²) in [7, 11) is 1.38. The quantitative estimate of drug-likeness (QED) is 0.699. The van der Waals surface area contributed by atoms with Crippen LogP contribution in [0.4, 0.5) is 0 Å².